The topological polar surface area (TPSA) is 92.4 Å². The van der Waals surface area contributed by atoms with E-state index < -0.39 is 10.0 Å². The van der Waals surface area contributed by atoms with Crippen LogP contribution in [0.25, 0.3) is 10.8 Å². The summed E-state index contributed by atoms with van der Waals surface area (Å²) in [6.45, 7) is -0.250. The van der Waals surface area contributed by atoms with E-state index in [0.717, 1.165) is 5.39 Å². The van der Waals surface area contributed by atoms with E-state index in [1.54, 1.807) is 12.1 Å². The molecule has 104 valence electrons. The van der Waals surface area contributed by atoms with Gasteiger partial charge >= 0.3 is 0 Å². The molecule has 2 aromatic carbocycles. The summed E-state index contributed by atoms with van der Waals surface area (Å²) in [5, 5.41) is 10.2. The van der Waals surface area contributed by atoms with Gasteiger partial charge in [0.25, 0.3) is 0 Å². The van der Waals surface area contributed by atoms with Gasteiger partial charge in [-0.15, -0.1) is 12.4 Å². The quantitative estimate of drug-likeness (QED) is 0.738. The third-order valence-corrected chi connectivity index (χ3v) is 4.06. The minimum atomic E-state index is -3.60. The summed E-state index contributed by atoms with van der Waals surface area (Å²) in [5.41, 5.74) is 6.35. The fourth-order valence-electron chi connectivity index (χ4n) is 1.71. The van der Waals surface area contributed by atoms with Gasteiger partial charge in [-0.1, -0.05) is 18.2 Å². The number of nitrogens with two attached hydrogens (primary N) is 1. The minimum Gasteiger partial charge on any atom is -0.398 e. The molecule has 0 atom stereocenters. The Morgan fingerprint density at radius 2 is 1.95 bits per heavy atom. The predicted molar refractivity (Wildman–Crippen MR) is 77.9 cm³/mol. The molecule has 5 nitrogen and oxygen atoms in total. The summed E-state index contributed by atoms with van der Waals surface area (Å²) in [4.78, 5) is 0.140. The summed E-state index contributed by atoms with van der Waals surface area (Å²) >= 11 is 0. The normalized spacial score (nSPS) is 11.2. The summed E-state index contributed by atoms with van der Waals surface area (Å²) in [6.07, 6.45) is 0. The number of nitrogen functional groups attached to an aromatic ring is 1. The SMILES string of the molecule is Cl.Nc1cccc2ccc(S(=O)(=O)NCCO)cc12. The molecule has 0 spiro atoms. The van der Waals surface area contributed by atoms with Gasteiger partial charge < -0.3 is 10.8 Å². The lowest BCUT2D eigenvalue weighted by atomic mass is 10.1. The number of nitrogens with one attached hydrogen (secondary N) is 1. The number of aliphatic hydroxyl groups is 1. The maximum atomic E-state index is 11.9. The number of hydrogen-bond acceptors (Lipinski definition) is 4. The summed E-state index contributed by atoms with van der Waals surface area (Å²) in [7, 11) is -3.60. The Bertz CT molecular complexity index is 674. The molecule has 0 amide bonds. The standard InChI is InChI=1S/C12H14N2O3S.ClH/c13-12-3-1-2-9-4-5-10(8-11(9)12)18(16,17)14-6-7-15;/h1-5,8,14-15H,6-7,13H2;1H. The Hall–Kier alpha value is -1.34. The highest BCUT2D eigenvalue weighted by atomic mass is 35.5. The van der Waals surface area contributed by atoms with Crippen molar-refractivity contribution in [3.8, 4) is 0 Å². The van der Waals surface area contributed by atoms with Crippen LogP contribution in [-0.2, 0) is 10.0 Å². The van der Waals surface area contributed by atoms with Gasteiger partial charge in [0.05, 0.1) is 11.5 Å². The lowest BCUT2D eigenvalue weighted by molar-refractivity contribution is 0.301. The number of aliphatic hydroxyl groups excluding tert-OH is 1. The van der Waals surface area contributed by atoms with Gasteiger partial charge in [-0.3, -0.25) is 0 Å². The van der Waals surface area contributed by atoms with E-state index >= 15 is 0 Å². The summed E-state index contributed by atoms with van der Waals surface area (Å²) in [5.74, 6) is 0. The minimum absolute atomic E-state index is 0. The van der Waals surface area contributed by atoms with Gasteiger partial charge in [-0.25, -0.2) is 13.1 Å². The molecule has 0 aliphatic rings. The maximum Gasteiger partial charge on any atom is 0.240 e. The van der Waals surface area contributed by atoms with E-state index in [1.807, 2.05) is 12.1 Å². The summed E-state index contributed by atoms with van der Waals surface area (Å²) in [6, 6.07) is 10.2. The van der Waals surface area contributed by atoms with Crippen LogP contribution in [0.15, 0.2) is 41.3 Å². The van der Waals surface area contributed by atoms with Crippen molar-refractivity contribution in [2.45, 2.75) is 4.90 Å². The Morgan fingerprint density at radius 3 is 2.63 bits per heavy atom. The van der Waals surface area contributed by atoms with Crippen LogP contribution in [0, 0.1) is 0 Å². The molecule has 0 aliphatic heterocycles. The first-order valence-corrected chi connectivity index (χ1v) is 6.92. The average Bonchev–Trinajstić information content (AvgIpc) is 2.36. The molecule has 0 aromatic heterocycles. The van der Waals surface area contributed by atoms with Gasteiger partial charge in [0, 0.05) is 17.6 Å². The number of fused-ring (bicyclic) bond motifs is 1. The van der Waals surface area contributed by atoms with Crippen molar-refractivity contribution in [2.24, 2.45) is 0 Å². The van der Waals surface area contributed by atoms with Gasteiger partial charge in [0.1, 0.15) is 0 Å². The van der Waals surface area contributed by atoms with Crippen LogP contribution in [0.3, 0.4) is 0 Å². The second-order valence-corrected chi connectivity index (χ2v) is 5.62. The number of benzene rings is 2. The van der Waals surface area contributed by atoms with Crippen molar-refractivity contribution in [3.63, 3.8) is 0 Å². The number of halogens is 1. The van der Waals surface area contributed by atoms with Gasteiger partial charge in [-0.05, 0) is 23.6 Å². The Morgan fingerprint density at radius 1 is 1.21 bits per heavy atom. The Labute approximate surface area is 117 Å². The molecule has 0 radical (unpaired) electrons. The summed E-state index contributed by atoms with van der Waals surface area (Å²) < 4.78 is 26.1. The van der Waals surface area contributed by atoms with Crippen molar-refractivity contribution >= 4 is 38.9 Å². The zero-order valence-corrected chi connectivity index (χ0v) is 11.7. The molecule has 2 rings (SSSR count). The number of hydrogen-bond donors (Lipinski definition) is 3. The van der Waals surface area contributed by atoms with E-state index in [-0.39, 0.29) is 30.5 Å². The van der Waals surface area contributed by atoms with Crippen LogP contribution in [0.1, 0.15) is 0 Å². The first-order valence-electron chi connectivity index (χ1n) is 5.43. The zero-order valence-electron chi connectivity index (χ0n) is 10.0. The highest BCUT2D eigenvalue weighted by Crippen LogP contribution is 2.23. The first kappa shape index (κ1) is 15.7. The van der Waals surface area contributed by atoms with Gasteiger partial charge in [0.2, 0.25) is 10.0 Å². The van der Waals surface area contributed by atoms with Crippen molar-refractivity contribution in [2.75, 3.05) is 18.9 Å². The van der Waals surface area contributed by atoms with Crippen molar-refractivity contribution in [1.29, 1.82) is 0 Å². The predicted octanol–water partition coefficient (Wildman–Crippen LogP) is 1.11. The van der Waals surface area contributed by atoms with E-state index in [2.05, 4.69) is 4.72 Å². The molecule has 0 heterocycles. The van der Waals surface area contributed by atoms with E-state index in [4.69, 9.17) is 10.8 Å². The second-order valence-electron chi connectivity index (χ2n) is 3.85. The Balaban J connectivity index is 0.00000180. The molecule has 0 bridgehead atoms. The fraction of sp³-hybridized carbons (Fsp3) is 0.167. The van der Waals surface area contributed by atoms with Crippen LogP contribution in [0.4, 0.5) is 5.69 Å². The molecule has 0 fully saturated rings. The number of anilines is 1. The van der Waals surface area contributed by atoms with Crippen LogP contribution in [0.2, 0.25) is 0 Å². The highest BCUT2D eigenvalue weighted by Gasteiger charge is 2.13. The third-order valence-electron chi connectivity index (χ3n) is 2.60. The molecule has 7 heteroatoms. The average molecular weight is 303 g/mol. The molecule has 4 N–H and O–H groups in total. The first-order chi connectivity index (χ1) is 8.54. The van der Waals surface area contributed by atoms with Crippen molar-refractivity contribution < 1.29 is 13.5 Å². The third kappa shape index (κ3) is 3.36. The van der Waals surface area contributed by atoms with E-state index in [0.29, 0.717) is 11.1 Å². The molecule has 0 unspecified atom stereocenters. The van der Waals surface area contributed by atoms with Crippen LogP contribution in [-0.4, -0.2) is 26.7 Å². The van der Waals surface area contributed by atoms with Crippen LogP contribution in [0.5, 0.6) is 0 Å². The van der Waals surface area contributed by atoms with Gasteiger partial charge in [0.15, 0.2) is 0 Å². The zero-order chi connectivity index (χ0) is 13.2. The molecule has 2 aromatic rings. The van der Waals surface area contributed by atoms with Crippen LogP contribution < -0.4 is 10.5 Å². The Kier molecular flexibility index (Phi) is 5.13. The van der Waals surface area contributed by atoms with Gasteiger partial charge in [-0.2, -0.15) is 0 Å². The van der Waals surface area contributed by atoms with Crippen molar-refractivity contribution in [1.82, 2.24) is 4.72 Å². The maximum absolute atomic E-state index is 11.9. The molecule has 0 saturated heterocycles. The number of rotatable bonds is 4. The van der Waals surface area contributed by atoms with Crippen LogP contribution >= 0.6 is 12.4 Å². The van der Waals surface area contributed by atoms with Crippen molar-refractivity contribution in [3.05, 3.63) is 36.4 Å². The smallest absolute Gasteiger partial charge is 0.240 e. The molecule has 0 aliphatic carbocycles. The monoisotopic (exact) mass is 302 g/mol. The largest absolute Gasteiger partial charge is 0.398 e. The lowest BCUT2D eigenvalue weighted by Gasteiger charge is -2.07. The highest BCUT2D eigenvalue weighted by molar-refractivity contribution is 7.89. The number of sulfonamides is 1. The second kappa shape index (κ2) is 6.21. The lowest BCUT2D eigenvalue weighted by Crippen LogP contribution is -2.26. The van der Waals surface area contributed by atoms with E-state index in [1.165, 1.54) is 12.1 Å². The molecular formula is C12H15ClN2O3S. The molecule has 0 saturated carbocycles. The molecular weight excluding hydrogens is 288 g/mol. The van der Waals surface area contributed by atoms with E-state index in [9.17, 15) is 8.42 Å². The molecule has 19 heavy (non-hydrogen) atoms. The fourth-order valence-corrected chi connectivity index (χ4v) is 2.75.